The highest BCUT2D eigenvalue weighted by Gasteiger charge is 2.25. The van der Waals surface area contributed by atoms with Gasteiger partial charge in [-0.25, -0.2) is 4.98 Å². The molecule has 5 heteroatoms. The van der Waals surface area contributed by atoms with Crippen LogP contribution in [0.25, 0.3) is 33.5 Å². The van der Waals surface area contributed by atoms with Gasteiger partial charge in [-0.2, -0.15) is 4.98 Å². The first-order valence-corrected chi connectivity index (χ1v) is 9.04. The van der Waals surface area contributed by atoms with Crippen molar-refractivity contribution < 1.29 is 5.11 Å². The molecular formula is C22H19N4O. The summed E-state index contributed by atoms with van der Waals surface area (Å²) in [4.78, 5) is 12.2. The van der Waals surface area contributed by atoms with Gasteiger partial charge in [-0.15, -0.1) is 0 Å². The van der Waals surface area contributed by atoms with Crippen LogP contribution in [0.5, 0.6) is 0 Å². The summed E-state index contributed by atoms with van der Waals surface area (Å²) in [5.74, 6) is 1.65. The van der Waals surface area contributed by atoms with E-state index in [4.69, 9.17) is 5.73 Å². The number of benzene rings is 2. The monoisotopic (exact) mass is 355 g/mol. The number of nitrogen functional groups attached to an aromatic ring is 1. The Hall–Kier alpha value is -3.18. The molecule has 0 bridgehead atoms. The van der Waals surface area contributed by atoms with Crippen molar-refractivity contribution in [3.8, 4) is 22.5 Å². The molecule has 1 radical (unpaired) electrons. The van der Waals surface area contributed by atoms with Crippen LogP contribution in [0.1, 0.15) is 24.0 Å². The molecular weight excluding hydrogens is 336 g/mol. The predicted octanol–water partition coefficient (Wildman–Crippen LogP) is 4.08. The van der Waals surface area contributed by atoms with E-state index in [1.54, 1.807) is 0 Å². The summed E-state index contributed by atoms with van der Waals surface area (Å²) in [5.41, 5.74) is 12.4. The molecule has 0 amide bonds. The fourth-order valence-corrected chi connectivity index (χ4v) is 3.53. The number of H-pyrrole nitrogens is 1. The predicted molar refractivity (Wildman–Crippen MR) is 107 cm³/mol. The molecule has 1 saturated carbocycles. The lowest BCUT2D eigenvalue weighted by atomic mass is 9.98. The van der Waals surface area contributed by atoms with Crippen molar-refractivity contribution in [2.75, 3.05) is 5.73 Å². The summed E-state index contributed by atoms with van der Waals surface area (Å²) >= 11 is 0. The van der Waals surface area contributed by atoms with Crippen LogP contribution in [0.3, 0.4) is 0 Å². The average Bonchev–Trinajstić information content (AvgIpc) is 3.47. The Kier molecular flexibility index (Phi) is 3.69. The molecule has 133 valence electrons. The fraction of sp³-hybridized carbons (Fsp3) is 0.136. The molecule has 27 heavy (non-hydrogen) atoms. The van der Waals surface area contributed by atoms with Crippen molar-refractivity contribution in [1.29, 1.82) is 0 Å². The second-order valence-corrected chi connectivity index (χ2v) is 6.88. The molecule has 0 aliphatic heterocycles. The number of rotatable bonds is 4. The number of nitrogens with one attached hydrogen (secondary N) is 1. The fourth-order valence-electron chi connectivity index (χ4n) is 3.53. The van der Waals surface area contributed by atoms with Gasteiger partial charge >= 0.3 is 0 Å². The topological polar surface area (TPSA) is 87.8 Å². The second kappa shape index (κ2) is 6.21. The summed E-state index contributed by atoms with van der Waals surface area (Å²) < 4.78 is 0. The number of fused-ring (bicyclic) bond motifs is 1. The Morgan fingerprint density at radius 3 is 2.52 bits per heavy atom. The lowest BCUT2D eigenvalue weighted by molar-refractivity contribution is 0.282. The van der Waals surface area contributed by atoms with Gasteiger partial charge < -0.3 is 15.8 Å². The molecule has 1 aliphatic rings. The lowest BCUT2D eigenvalue weighted by Crippen LogP contribution is -2.00. The lowest BCUT2D eigenvalue weighted by Gasteiger charge is -2.10. The molecule has 4 aromatic rings. The van der Waals surface area contributed by atoms with Crippen molar-refractivity contribution in [3.05, 3.63) is 71.6 Å². The van der Waals surface area contributed by atoms with E-state index in [1.807, 2.05) is 42.5 Å². The van der Waals surface area contributed by atoms with Crippen LogP contribution in [0, 0.1) is 5.92 Å². The first-order chi connectivity index (χ1) is 13.2. The molecule has 2 aromatic carbocycles. The number of hydrogen-bond donors (Lipinski definition) is 3. The maximum Gasteiger partial charge on any atom is 0.222 e. The third-order valence-electron chi connectivity index (χ3n) is 5.03. The third kappa shape index (κ3) is 2.86. The Labute approximate surface area is 156 Å². The van der Waals surface area contributed by atoms with E-state index in [9.17, 15) is 5.11 Å². The highest BCUT2D eigenvalue weighted by atomic mass is 16.3. The van der Waals surface area contributed by atoms with E-state index in [1.165, 1.54) is 11.5 Å². The van der Waals surface area contributed by atoms with Gasteiger partial charge in [0.1, 0.15) is 5.65 Å². The molecule has 0 saturated heterocycles. The van der Waals surface area contributed by atoms with Crippen LogP contribution in [-0.4, -0.2) is 20.1 Å². The van der Waals surface area contributed by atoms with Crippen LogP contribution in [0.2, 0.25) is 0 Å². The summed E-state index contributed by atoms with van der Waals surface area (Å²) in [5, 5.41) is 10.8. The van der Waals surface area contributed by atoms with Gasteiger partial charge in [-0.3, -0.25) is 0 Å². The van der Waals surface area contributed by atoms with Crippen LogP contribution < -0.4 is 5.73 Å². The number of aliphatic hydroxyl groups excluding tert-OH is 1. The molecule has 5 nitrogen and oxygen atoms in total. The van der Waals surface area contributed by atoms with Crippen LogP contribution in [0.4, 0.5) is 5.95 Å². The van der Waals surface area contributed by atoms with Gasteiger partial charge in [0, 0.05) is 22.6 Å². The first kappa shape index (κ1) is 16.0. The summed E-state index contributed by atoms with van der Waals surface area (Å²) in [6.07, 6.45) is 2.29. The van der Waals surface area contributed by atoms with Gasteiger partial charge in [0.2, 0.25) is 5.95 Å². The van der Waals surface area contributed by atoms with Crippen molar-refractivity contribution >= 4 is 17.0 Å². The highest BCUT2D eigenvalue weighted by Crippen LogP contribution is 2.41. The van der Waals surface area contributed by atoms with Crippen LogP contribution in [-0.2, 0) is 6.61 Å². The maximum atomic E-state index is 9.94. The van der Waals surface area contributed by atoms with E-state index in [0.717, 1.165) is 46.3 Å². The minimum Gasteiger partial charge on any atom is -0.392 e. The Bertz CT molecular complexity index is 1130. The summed E-state index contributed by atoms with van der Waals surface area (Å²) in [6, 6.07) is 18.3. The number of nitrogens with zero attached hydrogens (tertiary/aromatic N) is 2. The zero-order valence-electron chi connectivity index (χ0n) is 14.7. The van der Waals surface area contributed by atoms with E-state index >= 15 is 0 Å². The second-order valence-electron chi connectivity index (χ2n) is 6.88. The molecule has 5 rings (SSSR count). The van der Waals surface area contributed by atoms with Gasteiger partial charge in [-0.05, 0) is 35.6 Å². The third-order valence-corrected chi connectivity index (χ3v) is 5.03. The van der Waals surface area contributed by atoms with Gasteiger partial charge in [0.25, 0.3) is 0 Å². The van der Waals surface area contributed by atoms with E-state index in [-0.39, 0.29) is 12.6 Å². The Morgan fingerprint density at radius 2 is 1.78 bits per heavy atom. The molecule has 2 heterocycles. The average molecular weight is 355 g/mol. The van der Waals surface area contributed by atoms with E-state index < -0.39 is 0 Å². The van der Waals surface area contributed by atoms with Gasteiger partial charge in [0.15, 0.2) is 0 Å². The maximum absolute atomic E-state index is 9.94. The van der Waals surface area contributed by atoms with Crippen molar-refractivity contribution in [1.82, 2.24) is 15.0 Å². The molecule has 0 unspecified atom stereocenters. The van der Waals surface area contributed by atoms with E-state index in [0.29, 0.717) is 5.65 Å². The number of aromatic nitrogens is 3. The normalized spacial score (nSPS) is 14.0. The number of nitrogens with two attached hydrogens (primary N) is 1. The Balaban J connectivity index is 1.70. The van der Waals surface area contributed by atoms with Crippen molar-refractivity contribution in [2.45, 2.75) is 19.4 Å². The molecule has 1 fully saturated rings. The zero-order valence-corrected chi connectivity index (χ0v) is 14.7. The SMILES string of the molecule is Nc1nc(-c2ccc([C]3CC3)cc2CO)c2cc(-c3ccccc3)[nH]c2n1. The van der Waals surface area contributed by atoms with Crippen molar-refractivity contribution in [2.24, 2.45) is 0 Å². The Morgan fingerprint density at radius 1 is 0.963 bits per heavy atom. The molecule has 0 atom stereocenters. The minimum atomic E-state index is -0.0438. The van der Waals surface area contributed by atoms with Crippen molar-refractivity contribution in [3.63, 3.8) is 0 Å². The van der Waals surface area contributed by atoms with Crippen LogP contribution in [0.15, 0.2) is 54.6 Å². The van der Waals surface area contributed by atoms with Gasteiger partial charge in [0.05, 0.1) is 12.3 Å². The molecule has 0 spiro atoms. The summed E-state index contributed by atoms with van der Waals surface area (Å²) in [7, 11) is 0. The zero-order chi connectivity index (χ0) is 18.4. The van der Waals surface area contributed by atoms with E-state index in [2.05, 4.69) is 27.1 Å². The number of anilines is 1. The largest absolute Gasteiger partial charge is 0.392 e. The highest BCUT2D eigenvalue weighted by molar-refractivity contribution is 5.95. The van der Waals surface area contributed by atoms with Crippen LogP contribution >= 0.6 is 0 Å². The molecule has 1 aliphatic carbocycles. The standard InChI is InChI=1S/C22H19N4O/c23-22-25-20(17-9-8-15(13-6-7-13)10-16(17)12-27)18-11-19(24-21(18)26-22)14-4-2-1-3-5-14/h1-5,8-11,27H,6-7,12H2,(H3,23,24,25,26). The number of aliphatic hydroxyl groups is 1. The number of hydrogen-bond acceptors (Lipinski definition) is 4. The first-order valence-electron chi connectivity index (χ1n) is 9.04. The smallest absolute Gasteiger partial charge is 0.222 e. The molecule has 2 aromatic heterocycles. The summed E-state index contributed by atoms with van der Waals surface area (Å²) in [6.45, 7) is -0.0438. The quantitative estimate of drug-likeness (QED) is 0.515. The minimum absolute atomic E-state index is 0.0438. The molecule has 4 N–H and O–H groups in total. The number of aromatic amines is 1. The van der Waals surface area contributed by atoms with Gasteiger partial charge in [-0.1, -0.05) is 48.5 Å².